The normalized spacial score (nSPS) is 12.6. The highest BCUT2D eigenvalue weighted by molar-refractivity contribution is 6.18. The minimum absolute atomic E-state index is 0.183. The third-order valence-corrected chi connectivity index (χ3v) is 1.78. The first-order valence-corrected chi connectivity index (χ1v) is 4.18. The molecular weight excluding hydrogens is 178 g/mol. The van der Waals surface area contributed by atoms with Gasteiger partial charge in [0.1, 0.15) is 5.84 Å². The van der Waals surface area contributed by atoms with Crippen LogP contribution >= 0.6 is 0 Å². The van der Waals surface area contributed by atoms with E-state index in [0.29, 0.717) is 17.1 Å². The number of hydrogen-bond acceptors (Lipinski definition) is 4. The fourth-order valence-corrected chi connectivity index (χ4v) is 0.827. The molecule has 0 radical (unpaired) electrons. The predicted molar refractivity (Wildman–Crippen MR) is 60.2 cm³/mol. The van der Waals surface area contributed by atoms with Gasteiger partial charge in [0.2, 0.25) is 0 Å². The Morgan fingerprint density at radius 3 is 2.14 bits per heavy atom. The molecule has 78 valence electrons. The maximum Gasteiger partial charge on any atom is 0.136 e. The Balaban J connectivity index is 4.99. The number of amidine groups is 2. The van der Waals surface area contributed by atoms with Crippen molar-refractivity contribution in [1.82, 2.24) is 4.90 Å². The van der Waals surface area contributed by atoms with E-state index in [2.05, 4.69) is 4.99 Å². The molecule has 0 aliphatic carbocycles. The maximum absolute atomic E-state index is 7.77. The Hall–Kier alpha value is -1.65. The van der Waals surface area contributed by atoms with Gasteiger partial charge in [0.25, 0.3) is 0 Å². The Kier molecular flexibility index (Phi) is 4.55. The summed E-state index contributed by atoms with van der Waals surface area (Å²) in [7, 11) is 3.27. The van der Waals surface area contributed by atoms with Gasteiger partial charge in [0, 0.05) is 26.0 Å². The zero-order valence-corrected chi connectivity index (χ0v) is 9.05. The predicted octanol–water partition coefficient (Wildman–Crippen LogP) is 0.826. The molecule has 14 heavy (non-hydrogen) atoms. The number of nitrogens with zero attached hydrogens (tertiary/aromatic N) is 2. The molecule has 4 N–H and O–H groups in total. The van der Waals surface area contributed by atoms with E-state index in [0.717, 1.165) is 0 Å². The molecule has 0 unspecified atom stereocenters. The Labute approximate surface area is 84.3 Å². The molecular formula is C9H17N5. The summed E-state index contributed by atoms with van der Waals surface area (Å²) in [6.45, 7) is 3.32. The van der Waals surface area contributed by atoms with Crippen molar-refractivity contribution in [2.45, 2.75) is 13.8 Å². The molecule has 0 rings (SSSR count). The van der Waals surface area contributed by atoms with Gasteiger partial charge in [-0.15, -0.1) is 0 Å². The molecule has 0 fully saturated rings. The van der Waals surface area contributed by atoms with Crippen LogP contribution in [0, 0.1) is 10.8 Å². The lowest BCUT2D eigenvalue weighted by Gasteiger charge is -2.19. The van der Waals surface area contributed by atoms with Crippen molar-refractivity contribution in [1.29, 1.82) is 10.8 Å². The first-order chi connectivity index (χ1) is 6.41. The standard InChI is InChI=1S/C9H17N5/c1-6(10)8(5-13-3)9(12)14(4)7(2)11/h5,11-12H,10H2,1-4H3/b8-6+,11-7?,12-9?,13-5-. The molecule has 0 saturated carbocycles. The van der Waals surface area contributed by atoms with E-state index in [4.69, 9.17) is 16.6 Å². The molecule has 0 aliphatic heterocycles. The van der Waals surface area contributed by atoms with Crippen molar-refractivity contribution in [3.8, 4) is 0 Å². The molecule has 0 aromatic heterocycles. The number of nitrogens with one attached hydrogen (secondary N) is 2. The largest absolute Gasteiger partial charge is 0.402 e. The number of rotatable bonds is 2. The third kappa shape index (κ3) is 3.01. The maximum atomic E-state index is 7.77. The molecule has 5 heteroatoms. The summed E-state index contributed by atoms with van der Waals surface area (Å²) in [6.07, 6.45) is 1.52. The van der Waals surface area contributed by atoms with Gasteiger partial charge in [-0.25, -0.2) is 0 Å². The lowest BCUT2D eigenvalue weighted by Crippen LogP contribution is -2.32. The van der Waals surface area contributed by atoms with Crippen LogP contribution in [0.25, 0.3) is 0 Å². The Morgan fingerprint density at radius 2 is 1.86 bits per heavy atom. The average Bonchev–Trinajstić information content (AvgIpc) is 2.11. The number of hydrogen-bond donors (Lipinski definition) is 3. The number of nitrogens with two attached hydrogens (primary N) is 1. The topological polar surface area (TPSA) is 89.3 Å². The van der Waals surface area contributed by atoms with Crippen molar-refractivity contribution in [2.24, 2.45) is 10.7 Å². The van der Waals surface area contributed by atoms with Gasteiger partial charge in [-0.1, -0.05) is 0 Å². The summed E-state index contributed by atoms with van der Waals surface area (Å²) in [5.74, 6) is 0.473. The molecule has 0 heterocycles. The summed E-state index contributed by atoms with van der Waals surface area (Å²) in [5, 5.41) is 15.1. The second-order valence-corrected chi connectivity index (χ2v) is 2.98. The van der Waals surface area contributed by atoms with E-state index in [1.807, 2.05) is 0 Å². The van der Waals surface area contributed by atoms with Gasteiger partial charge in [0.05, 0.1) is 11.4 Å². The van der Waals surface area contributed by atoms with Crippen LogP contribution in [-0.4, -0.2) is 36.9 Å². The molecule has 0 amide bonds. The van der Waals surface area contributed by atoms with Gasteiger partial charge in [-0.3, -0.25) is 15.8 Å². The van der Waals surface area contributed by atoms with Crippen molar-refractivity contribution in [3.05, 3.63) is 11.3 Å². The monoisotopic (exact) mass is 195 g/mol. The van der Waals surface area contributed by atoms with E-state index in [9.17, 15) is 0 Å². The van der Waals surface area contributed by atoms with Crippen molar-refractivity contribution < 1.29 is 0 Å². The zero-order valence-electron chi connectivity index (χ0n) is 9.05. The molecule has 5 nitrogen and oxygen atoms in total. The first kappa shape index (κ1) is 12.3. The number of likely N-dealkylation sites (N-methyl/N-ethyl adjacent to an activating group) is 1. The highest BCUT2D eigenvalue weighted by atomic mass is 15.2. The van der Waals surface area contributed by atoms with Crippen LogP contribution < -0.4 is 5.73 Å². The second-order valence-electron chi connectivity index (χ2n) is 2.98. The van der Waals surface area contributed by atoms with Gasteiger partial charge in [-0.05, 0) is 13.8 Å². The van der Waals surface area contributed by atoms with Crippen LogP contribution in [-0.2, 0) is 0 Å². The molecule has 0 aromatic carbocycles. The molecule has 0 atom stereocenters. The summed E-state index contributed by atoms with van der Waals surface area (Å²) >= 11 is 0. The highest BCUT2D eigenvalue weighted by Crippen LogP contribution is 2.02. The quantitative estimate of drug-likeness (QED) is 0.450. The smallest absolute Gasteiger partial charge is 0.136 e. The van der Waals surface area contributed by atoms with Crippen LogP contribution in [0.5, 0.6) is 0 Å². The first-order valence-electron chi connectivity index (χ1n) is 4.18. The lowest BCUT2D eigenvalue weighted by atomic mass is 10.2. The van der Waals surface area contributed by atoms with E-state index in [-0.39, 0.29) is 5.84 Å². The summed E-state index contributed by atoms with van der Waals surface area (Å²) in [4.78, 5) is 5.26. The van der Waals surface area contributed by atoms with E-state index >= 15 is 0 Å². The van der Waals surface area contributed by atoms with Gasteiger partial charge in [0.15, 0.2) is 0 Å². The van der Waals surface area contributed by atoms with Crippen molar-refractivity contribution >= 4 is 17.9 Å². The average molecular weight is 195 g/mol. The van der Waals surface area contributed by atoms with Crippen LogP contribution in [0.3, 0.4) is 0 Å². The number of allylic oxidation sites excluding steroid dienone is 1. The van der Waals surface area contributed by atoms with Crippen molar-refractivity contribution in [3.63, 3.8) is 0 Å². The van der Waals surface area contributed by atoms with E-state index < -0.39 is 0 Å². The molecule has 0 aliphatic rings. The Bertz CT molecular complexity index is 296. The Morgan fingerprint density at radius 1 is 1.36 bits per heavy atom. The van der Waals surface area contributed by atoms with E-state index in [1.54, 1.807) is 27.9 Å². The van der Waals surface area contributed by atoms with Gasteiger partial charge < -0.3 is 10.6 Å². The zero-order chi connectivity index (χ0) is 11.3. The van der Waals surface area contributed by atoms with Crippen LogP contribution in [0.15, 0.2) is 16.3 Å². The van der Waals surface area contributed by atoms with Crippen LogP contribution in [0.2, 0.25) is 0 Å². The fraction of sp³-hybridized carbons (Fsp3) is 0.444. The fourth-order valence-electron chi connectivity index (χ4n) is 0.827. The molecule has 0 bridgehead atoms. The lowest BCUT2D eigenvalue weighted by molar-refractivity contribution is 0.734. The van der Waals surface area contributed by atoms with Crippen LogP contribution in [0.1, 0.15) is 13.8 Å². The third-order valence-electron chi connectivity index (χ3n) is 1.78. The highest BCUT2D eigenvalue weighted by Gasteiger charge is 2.11. The van der Waals surface area contributed by atoms with E-state index in [1.165, 1.54) is 11.1 Å². The summed E-state index contributed by atoms with van der Waals surface area (Å²) in [6, 6.07) is 0. The SMILES string of the molecule is C/N=C\C(C(=N)N(C)C(C)=N)=C(\C)N. The van der Waals surface area contributed by atoms with Gasteiger partial charge >= 0.3 is 0 Å². The van der Waals surface area contributed by atoms with Crippen LogP contribution in [0.4, 0.5) is 0 Å². The summed E-state index contributed by atoms with van der Waals surface area (Å²) in [5.41, 5.74) is 6.68. The van der Waals surface area contributed by atoms with Gasteiger partial charge in [-0.2, -0.15) is 0 Å². The minimum atomic E-state index is 0.183. The molecule has 0 saturated heterocycles. The summed E-state index contributed by atoms with van der Waals surface area (Å²) < 4.78 is 0. The minimum Gasteiger partial charge on any atom is -0.402 e. The number of aliphatic imine (C=N–C) groups is 1. The molecule has 0 spiro atoms. The second kappa shape index (κ2) is 5.16. The molecule has 0 aromatic rings. The van der Waals surface area contributed by atoms with Crippen molar-refractivity contribution in [2.75, 3.05) is 14.1 Å².